The number of benzene rings is 1. The van der Waals surface area contributed by atoms with E-state index in [1.807, 2.05) is 35.5 Å². The van der Waals surface area contributed by atoms with Gasteiger partial charge in [0.15, 0.2) is 0 Å². The first-order chi connectivity index (χ1) is 7.33. The lowest BCUT2D eigenvalue weighted by molar-refractivity contribution is 0.394. The van der Waals surface area contributed by atoms with Crippen LogP contribution in [-0.4, -0.2) is 20.8 Å². The van der Waals surface area contributed by atoms with Crippen LogP contribution in [0.2, 0.25) is 0 Å². The second kappa shape index (κ2) is 4.13. The smallest absolute Gasteiger partial charge is 0.124 e. The minimum Gasteiger partial charge on any atom is -0.497 e. The van der Waals surface area contributed by atoms with Crippen molar-refractivity contribution in [3.05, 3.63) is 30.5 Å². The fourth-order valence-corrected chi connectivity index (χ4v) is 1.48. The van der Waals surface area contributed by atoms with Gasteiger partial charge in [-0.2, -0.15) is 0 Å². The molecule has 1 aromatic carbocycles. The second-order valence-electron chi connectivity index (χ2n) is 3.21. The van der Waals surface area contributed by atoms with E-state index < -0.39 is 0 Å². The summed E-state index contributed by atoms with van der Waals surface area (Å²) in [5, 5.41) is 2.00. The molecule has 0 saturated heterocycles. The second-order valence-corrected chi connectivity index (χ2v) is 3.21. The Kier molecular flexibility index (Phi) is 2.67. The van der Waals surface area contributed by atoms with Gasteiger partial charge in [0.05, 0.1) is 26.5 Å². The molecule has 0 atom stereocenters. The number of anilines is 1. The summed E-state index contributed by atoms with van der Waals surface area (Å²) in [7, 11) is 3.29. The van der Waals surface area contributed by atoms with E-state index in [-0.39, 0.29) is 0 Å². The molecule has 15 heavy (non-hydrogen) atoms. The Hall–Kier alpha value is -1.84. The molecule has 2 rings (SSSR count). The third-order valence-corrected chi connectivity index (χ3v) is 2.28. The van der Waals surface area contributed by atoms with Crippen molar-refractivity contribution < 1.29 is 9.47 Å². The van der Waals surface area contributed by atoms with Crippen LogP contribution in [0.1, 0.15) is 0 Å². The third kappa shape index (κ3) is 1.98. The molecule has 1 aromatic rings. The van der Waals surface area contributed by atoms with Gasteiger partial charge >= 0.3 is 0 Å². The Bertz CT molecular complexity index is 347. The number of rotatable bonds is 3. The Morgan fingerprint density at radius 1 is 1.13 bits per heavy atom. The van der Waals surface area contributed by atoms with Crippen LogP contribution in [0.3, 0.4) is 0 Å². The van der Waals surface area contributed by atoms with E-state index in [4.69, 9.17) is 9.47 Å². The van der Waals surface area contributed by atoms with Crippen LogP contribution in [0.25, 0.3) is 0 Å². The number of methoxy groups -OCH3 is 2. The lowest BCUT2D eigenvalue weighted by atomic mass is 10.2. The van der Waals surface area contributed by atoms with Crippen molar-refractivity contribution in [2.24, 2.45) is 0 Å². The van der Waals surface area contributed by atoms with E-state index in [1.54, 1.807) is 14.2 Å². The normalized spacial score (nSPS) is 13.9. The molecule has 0 fully saturated rings. The zero-order valence-corrected chi connectivity index (χ0v) is 8.86. The summed E-state index contributed by atoms with van der Waals surface area (Å²) in [5.74, 6) is 1.58. The van der Waals surface area contributed by atoms with Gasteiger partial charge in [0.1, 0.15) is 11.5 Å². The molecule has 4 nitrogen and oxygen atoms in total. The lowest BCUT2D eigenvalue weighted by Gasteiger charge is -2.19. The summed E-state index contributed by atoms with van der Waals surface area (Å²) >= 11 is 0. The molecule has 0 aliphatic carbocycles. The van der Waals surface area contributed by atoms with Crippen LogP contribution in [0.5, 0.6) is 11.5 Å². The van der Waals surface area contributed by atoms with E-state index in [9.17, 15) is 0 Å². The molecular formula is C11H14N2O2. The topological polar surface area (TPSA) is 33.7 Å². The van der Waals surface area contributed by atoms with Gasteiger partial charge < -0.3 is 14.9 Å². The molecule has 1 heterocycles. The summed E-state index contributed by atoms with van der Waals surface area (Å²) in [6.45, 7) is 0.844. The average molecular weight is 206 g/mol. The molecule has 80 valence electrons. The highest BCUT2D eigenvalue weighted by molar-refractivity contribution is 5.56. The summed E-state index contributed by atoms with van der Waals surface area (Å²) < 4.78 is 10.4. The Balaban J connectivity index is 2.29. The largest absolute Gasteiger partial charge is 0.497 e. The maximum Gasteiger partial charge on any atom is 0.124 e. The maximum absolute atomic E-state index is 5.20. The van der Waals surface area contributed by atoms with E-state index in [0.29, 0.717) is 0 Å². The molecule has 0 spiro atoms. The molecule has 0 aromatic heterocycles. The van der Waals surface area contributed by atoms with Crippen molar-refractivity contribution in [3.8, 4) is 11.5 Å². The van der Waals surface area contributed by atoms with Crippen molar-refractivity contribution in [1.29, 1.82) is 0 Å². The molecule has 0 saturated carbocycles. The minimum absolute atomic E-state index is 0.790. The van der Waals surface area contributed by atoms with Gasteiger partial charge in [0, 0.05) is 24.4 Å². The molecular weight excluding hydrogens is 192 g/mol. The zero-order valence-electron chi connectivity index (χ0n) is 8.86. The predicted molar refractivity (Wildman–Crippen MR) is 59.2 cm³/mol. The number of hydrazine groups is 1. The first-order valence-corrected chi connectivity index (χ1v) is 4.75. The Morgan fingerprint density at radius 3 is 2.27 bits per heavy atom. The van der Waals surface area contributed by atoms with Crippen molar-refractivity contribution in [2.75, 3.05) is 25.8 Å². The molecule has 1 N–H and O–H groups in total. The number of nitrogens with zero attached hydrogens (tertiary/aromatic N) is 1. The summed E-state index contributed by atoms with van der Waals surface area (Å²) in [5.41, 5.74) is 4.14. The minimum atomic E-state index is 0.790. The molecule has 0 bridgehead atoms. The molecule has 0 amide bonds. The van der Waals surface area contributed by atoms with Crippen molar-refractivity contribution in [2.45, 2.75) is 0 Å². The zero-order chi connectivity index (χ0) is 10.7. The molecule has 1 aliphatic heterocycles. The average Bonchev–Trinajstić information content (AvgIpc) is 2.81. The highest BCUT2D eigenvalue weighted by Gasteiger charge is 2.10. The molecule has 1 aliphatic rings. The van der Waals surface area contributed by atoms with Crippen molar-refractivity contribution in [1.82, 2.24) is 5.43 Å². The van der Waals surface area contributed by atoms with Crippen LogP contribution in [0.4, 0.5) is 5.69 Å². The van der Waals surface area contributed by atoms with Gasteiger partial charge in [0.25, 0.3) is 0 Å². The van der Waals surface area contributed by atoms with Crippen LogP contribution in [0, 0.1) is 0 Å². The first-order valence-electron chi connectivity index (χ1n) is 4.75. The molecule has 4 heteroatoms. The van der Waals surface area contributed by atoms with E-state index >= 15 is 0 Å². The number of nitrogens with one attached hydrogen (secondary N) is 1. The van der Waals surface area contributed by atoms with Crippen molar-refractivity contribution in [3.63, 3.8) is 0 Å². The quantitative estimate of drug-likeness (QED) is 0.813. The van der Waals surface area contributed by atoms with Crippen molar-refractivity contribution >= 4 is 5.69 Å². The van der Waals surface area contributed by atoms with Crippen LogP contribution >= 0.6 is 0 Å². The third-order valence-electron chi connectivity index (χ3n) is 2.28. The van der Waals surface area contributed by atoms with Gasteiger partial charge in [-0.3, -0.25) is 5.01 Å². The SMILES string of the molecule is COc1cc(OC)cc(N2CC=CN2)c1. The fourth-order valence-electron chi connectivity index (χ4n) is 1.48. The Labute approximate surface area is 89.1 Å². The first kappa shape index (κ1) is 9.71. The number of hydrogen-bond donors (Lipinski definition) is 1. The summed E-state index contributed by atoms with van der Waals surface area (Å²) in [6, 6.07) is 5.78. The van der Waals surface area contributed by atoms with E-state index in [1.165, 1.54) is 0 Å². The van der Waals surface area contributed by atoms with Crippen LogP contribution < -0.4 is 19.9 Å². The standard InChI is InChI=1S/C11H14N2O2/c1-14-10-6-9(7-11(8-10)15-2)13-5-3-4-12-13/h3-4,6-8,12H,5H2,1-2H3. The highest BCUT2D eigenvalue weighted by Crippen LogP contribution is 2.28. The van der Waals surface area contributed by atoms with Gasteiger partial charge in [-0.15, -0.1) is 0 Å². The van der Waals surface area contributed by atoms with Gasteiger partial charge in [-0.25, -0.2) is 0 Å². The summed E-state index contributed by atoms with van der Waals surface area (Å²) in [6.07, 6.45) is 3.96. The highest BCUT2D eigenvalue weighted by atomic mass is 16.5. The fraction of sp³-hybridized carbons (Fsp3) is 0.273. The molecule has 0 unspecified atom stereocenters. The lowest BCUT2D eigenvalue weighted by Crippen LogP contribution is -2.29. The van der Waals surface area contributed by atoms with E-state index in [0.717, 1.165) is 23.7 Å². The number of hydrogen-bond acceptors (Lipinski definition) is 4. The maximum atomic E-state index is 5.20. The van der Waals surface area contributed by atoms with Crippen LogP contribution in [0.15, 0.2) is 30.5 Å². The van der Waals surface area contributed by atoms with E-state index in [2.05, 4.69) is 5.43 Å². The van der Waals surface area contributed by atoms with Crippen LogP contribution in [-0.2, 0) is 0 Å². The predicted octanol–water partition coefficient (Wildman–Crippen LogP) is 1.54. The van der Waals surface area contributed by atoms with Gasteiger partial charge in [-0.05, 0) is 6.08 Å². The summed E-state index contributed by atoms with van der Waals surface area (Å²) in [4.78, 5) is 0. The van der Waals surface area contributed by atoms with Gasteiger partial charge in [0.2, 0.25) is 0 Å². The Morgan fingerprint density at radius 2 is 1.80 bits per heavy atom. The van der Waals surface area contributed by atoms with Gasteiger partial charge in [-0.1, -0.05) is 0 Å². The number of ether oxygens (including phenoxy) is 2. The molecule has 0 radical (unpaired) electrons. The monoisotopic (exact) mass is 206 g/mol.